The molecule has 0 bridgehead atoms. The Kier molecular flexibility index (Phi) is 5.23. The van der Waals surface area contributed by atoms with Crippen molar-refractivity contribution in [3.63, 3.8) is 0 Å². The van der Waals surface area contributed by atoms with E-state index in [4.69, 9.17) is 27.7 Å². The summed E-state index contributed by atoms with van der Waals surface area (Å²) in [5.74, 6) is -0.404. The first-order chi connectivity index (χ1) is 14.4. The third kappa shape index (κ3) is 3.53. The van der Waals surface area contributed by atoms with Crippen LogP contribution in [0.15, 0.2) is 40.9 Å². The summed E-state index contributed by atoms with van der Waals surface area (Å²) < 4.78 is 20.7. The van der Waals surface area contributed by atoms with E-state index >= 15 is 0 Å². The fourth-order valence-electron chi connectivity index (χ4n) is 2.93. The van der Waals surface area contributed by atoms with Gasteiger partial charge in [0, 0.05) is 11.3 Å². The number of rotatable bonds is 4. The Morgan fingerprint density at radius 3 is 2.57 bits per heavy atom. The summed E-state index contributed by atoms with van der Waals surface area (Å²) in [4.78, 5) is 13.0. The Morgan fingerprint density at radius 1 is 1.17 bits per heavy atom. The number of hydrogen-bond acceptors (Lipinski definition) is 6. The van der Waals surface area contributed by atoms with Crippen LogP contribution in [0, 0.1) is 19.7 Å². The van der Waals surface area contributed by atoms with E-state index < -0.39 is 11.7 Å². The van der Waals surface area contributed by atoms with Crippen molar-refractivity contribution in [2.75, 3.05) is 5.32 Å². The minimum Gasteiger partial charge on any atom is -0.360 e. The van der Waals surface area contributed by atoms with E-state index in [1.54, 1.807) is 32.0 Å². The highest BCUT2D eigenvalue weighted by molar-refractivity contribution is 6.39. The van der Waals surface area contributed by atoms with Crippen LogP contribution >= 0.6 is 23.2 Å². The molecule has 1 N–H and O–H groups in total. The summed E-state index contributed by atoms with van der Waals surface area (Å²) >= 11 is 12.5. The molecule has 0 radical (unpaired) electrons. The molecule has 4 aromatic rings. The fraction of sp³-hybridized carbons (Fsp3) is 0.105. The molecule has 0 aliphatic rings. The Balaban J connectivity index is 1.71. The second-order valence-corrected chi connectivity index (χ2v) is 7.13. The molecule has 1 amide bonds. The molecule has 30 heavy (non-hydrogen) atoms. The normalized spacial score (nSPS) is 11.0. The average molecular weight is 447 g/mol. The second-order valence-electron chi connectivity index (χ2n) is 6.32. The van der Waals surface area contributed by atoms with Crippen LogP contribution in [0.5, 0.6) is 0 Å². The van der Waals surface area contributed by atoms with Gasteiger partial charge in [0.15, 0.2) is 5.82 Å². The minimum atomic E-state index is -0.548. The highest BCUT2D eigenvalue weighted by atomic mass is 35.5. The van der Waals surface area contributed by atoms with Crippen molar-refractivity contribution < 1.29 is 13.7 Å². The zero-order chi connectivity index (χ0) is 21.4. The number of tetrazole rings is 1. The molecule has 0 saturated carbocycles. The first-order valence-corrected chi connectivity index (χ1v) is 9.39. The van der Waals surface area contributed by atoms with Gasteiger partial charge in [-0.3, -0.25) is 4.79 Å². The first-order valence-electron chi connectivity index (χ1n) is 8.63. The van der Waals surface area contributed by atoms with E-state index in [0.717, 1.165) is 0 Å². The lowest BCUT2D eigenvalue weighted by molar-refractivity contribution is 0.102. The Labute approximate surface area is 179 Å². The summed E-state index contributed by atoms with van der Waals surface area (Å²) in [7, 11) is 0. The highest BCUT2D eigenvalue weighted by Gasteiger charge is 2.25. The van der Waals surface area contributed by atoms with Crippen molar-refractivity contribution in [3.05, 3.63) is 69.4 Å². The van der Waals surface area contributed by atoms with E-state index in [1.165, 1.54) is 22.9 Å². The number of benzene rings is 2. The summed E-state index contributed by atoms with van der Waals surface area (Å²) in [6, 6.07) is 8.99. The number of aromatic nitrogens is 5. The van der Waals surface area contributed by atoms with Crippen LogP contribution < -0.4 is 5.32 Å². The monoisotopic (exact) mass is 446 g/mol. The number of aryl methyl sites for hydroxylation is 2. The molecule has 0 spiro atoms. The zero-order valence-corrected chi connectivity index (χ0v) is 17.2. The molecule has 0 aliphatic heterocycles. The Morgan fingerprint density at radius 2 is 1.90 bits per heavy atom. The quantitative estimate of drug-likeness (QED) is 0.490. The molecular formula is C19H13Cl2FN6O2. The zero-order valence-electron chi connectivity index (χ0n) is 15.7. The first kappa shape index (κ1) is 20.0. The number of carbonyl (C=O) groups is 1. The predicted molar refractivity (Wildman–Crippen MR) is 108 cm³/mol. The maximum atomic E-state index is 14.3. The molecule has 0 fully saturated rings. The molecule has 0 saturated heterocycles. The van der Waals surface area contributed by atoms with E-state index in [1.807, 2.05) is 0 Å². The number of nitrogens with zero attached hydrogens (tertiary/aromatic N) is 5. The Bertz CT molecular complexity index is 1250. The van der Waals surface area contributed by atoms with Gasteiger partial charge < -0.3 is 9.84 Å². The lowest BCUT2D eigenvalue weighted by Gasteiger charge is -2.10. The van der Waals surface area contributed by atoms with Gasteiger partial charge in [0.25, 0.3) is 5.91 Å². The third-order valence-corrected chi connectivity index (χ3v) is 4.98. The molecule has 11 heteroatoms. The van der Waals surface area contributed by atoms with Crippen LogP contribution in [0.25, 0.3) is 16.9 Å². The maximum Gasteiger partial charge on any atom is 0.261 e. The summed E-state index contributed by atoms with van der Waals surface area (Å²) in [5, 5.41) is 18.3. The van der Waals surface area contributed by atoms with Gasteiger partial charge in [0.2, 0.25) is 0 Å². The van der Waals surface area contributed by atoms with Gasteiger partial charge in [-0.2, -0.15) is 4.68 Å². The molecular weight excluding hydrogens is 434 g/mol. The van der Waals surface area contributed by atoms with Crippen molar-refractivity contribution in [1.29, 1.82) is 0 Å². The van der Waals surface area contributed by atoms with Gasteiger partial charge >= 0.3 is 0 Å². The predicted octanol–water partition coefficient (Wildman–Crippen LogP) is 4.63. The van der Waals surface area contributed by atoms with Gasteiger partial charge in [-0.15, -0.1) is 5.10 Å². The van der Waals surface area contributed by atoms with E-state index in [0.29, 0.717) is 27.1 Å². The number of anilines is 1. The van der Waals surface area contributed by atoms with Crippen LogP contribution in [-0.4, -0.2) is 31.3 Å². The van der Waals surface area contributed by atoms with Gasteiger partial charge in [0.05, 0.1) is 10.0 Å². The van der Waals surface area contributed by atoms with E-state index in [-0.39, 0.29) is 22.7 Å². The van der Waals surface area contributed by atoms with Gasteiger partial charge in [-0.05, 0) is 54.6 Å². The van der Waals surface area contributed by atoms with Gasteiger partial charge in [-0.1, -0.05) is 34.4 Å². The topological polar surface area (TPSA) is 98.7 Å². The average Bonchev–Trinajstić information content (AvgIpc) is 3.29. The fourth-order valence-corrected chi connectivity index (χ4v) is 3.51. The highest BCUT2D eigenvalue weighted by Crippen LogP contribution is 2.37. The molecule has 152 valence electrons. The smallest absolute Gasteiger partial charge is 0.261 e. The van der Waals surface area contributed by atoms with Crippen molar-refractivity contribution in [3.8, 4) is 16.9 Å². The summed E-state index contributed by atoms with van der Waals surface area (Å²) in [6.07, 6.45) is 0. The van der Waals surface area contributed by atoms with Crippen LogP contribution in [-0.2, 0) is 0 Å². The molecule has 8 nitrogen and oxygen atoms in total. The number of halogens is 3. The Hall–Kier alpha value is -3.30. The summed E-state index contributed by atoms with van der Waals surface area (Å²) in [6.45, 7) is 3.22. The van der Waals surface area contributed by atoms with Crippen molar-refractivity contribution in [2.24, 2.45) is 0 Å². The van der Waals surface area contributed by atoms with Crippen LogP contribution in [0.1, 0.15) is 21.9 Å². The van der Waals surface area contributed by atoms with Crippen molar-refractivity contribution >= 4 is 34.8 Å². The number of carbonyl (C=O) groups excluding carboxylic acids is 1. The third-order valence-electron chi connectivity index (χ3n) is 4.35. The molecule has 2 heterocycles. The van der Waals surface area contributed by atoms with Gasteiger partial charge in [-0.25, -0.2) is 4.39 Å². The summed E-state index contributed by atoms with van der Waals surface area (Å²) in [5.41, 5.74) is 1.16. The van der Waals surface area contributed by atoms with Crippen LogP contribution in [0.4, 0.5) is 10.1 Å². The van der Waals surface area contributed by atoms with E-state index in [2.05, 4.69) is 26.0 Å². The number of amides is 1. The van der Waals surface area contributed by atoms with Gasteiger partial charge in [0.1, 0.15) is 28.5 Å². The molecule has 0 unspecified atom stereocenters. The molecule has 2 aromatic carbocycles. The number of hydrogen-bond donors (Lipinski definition) is 1. The maximum absolute atomic E-state index is 14.3. The SMILES string of the molecule is Cc1onc(-c2c(Cl)cccc2Cl)c1C(=O)Nc1ccc(F)c(-n2nnnc2C)c1. The van der Waals surface area contributed by atoms with Crippen molar-refractivity contribution in [2.45, 2.75) is 13.8 Å². The molecule has 2 aromatic heterocycles. The molecule has 0 atom stereocenters. The largest absolute Gasteiger partial charge is 0.360 e. The van der Waals surface area contributed by atoms with Crippen molar-refractivity contribution in [1.82, 2.24) is 25.4 Å². The number of nitrogens with one attached hydrogen (secondary N) is 1. The van der Waals surface area contributed by atoms with E-state index in [9.17, 15) is 9.18 Å². The lowest BCUT2D eigenvalue weighted by Crippen LogP contribution is -2.14. The molecule has 0 aliphatic carbocycles. The lowest BCUT2D eigenvalue weighted by atomic mass is 10.1. The van der Waals surface area contributed by atoms with Crippen LogP contribution in [0.3, 0.4) is 0 Å². The molecule has 4 rings (SSSR count). The second kappa shape index (κ2) is 7.85. The standard InChI is InChI=1S/C19H13Cl2FN6O2/c1-9-16(18(25-30-9)17-12(20)4-3-5-13(17)21)19(29)23-11-6-7-14(22)15(8-11)28-10(2)24-26-27-28/h3-8H,1-2H3,(H,23,29). The van der Waals surface area contributed by atoms with Crippen LogP contribution in [0.2, 0.25) is 10.0 Å². The minimum absolute atomic E-state index is 0.0895.